The van der Waals surface area contributed by atoms with Gasteiger partial charge in [-0.1, -0.05) is 17.8 Å². The Bertz CT molecular complexity index is 755. The number of thioether (sulfide) groups is 1. The van der Waals surface area contributed by atoms with Crippen LogP contribution in [0.25, 0.3) is 10.8 Å². The Hall–Kier alpha value is -1.86. The molecule has 0 saturated heterocycles. The summed E-state index contributed by atoms with van der Waals surface area (Å²) >= 11 is 2.12. The topological polar surface area (TPSA) is 38.1 Å². The molecule has 2 aromatic heterocycles. The van der Waals surface area contributed by atoms with Gasteiger partial charge in [-0.05, 0) is 42.6 Å². The van der Waals surface area contributed by atoms with Crippen molar-refractivity contribution in [3.05, 3.63) is 53.2 Å². The number of anilines is 1. The van der Waals surface area contributed by atoms with Gasteiger partial charge in [0.05, 0.1) is 11.4 Å². The van der Waals surface area contributed by atoms with Gasteiger partial charge in [0.1, 0.15) is 11.5 Å². The molecule has 0 aliphatic carbocycles. The van der Waals surface area contributed by atoms with E-state index in [1.807, 2.05) is 24.4 Å². The van der Waals surface area contributed by atoms with Gasteiger partial charge < -0.3 is 9.73 Å². The molecule has 1 aromatic carbocycles. The number of hydrogen-bond donors (Lipinski definition) is 1. The number of nitrogens with zero attached hydrogens (tertiary/aromatic N) is 1. The normalized spacial score (nSPS) is 11.1. The molecule has 0 fully saturated rings. The highest BCUT2D eigenvalue weighted by molar-refractivity contribution is 7.99. The Morgan fingerprint density at radius 1 is 1.26 bits per heavy atom. The summed E-state index contributed by atoms with van der Waals surface area (Å²) in [7, 11) is 0. The lowest BCUT2D eigenvalue weighted by Crippen LogP contribution is -2.01. The first-order valence-corrected chi connectivity index (χ1v) is 8.66. The molecular formula is C16H14F2N2OS2. The van der Waals surface area contributed by atoms with Crippen molar-refractivity contribution in [3.8, 4) is 10.8 Å². The largest absolute Gasteiger partial charge is 0.440 e. The zero-order chi connectivity index (χ0) is 16.2. The van der Waals surface area contributed by atoms with E-state index < -0.39 is 5.76 Å². The third kappa shape index (κ3) is 4.11. The molecule has 7 heteroatoms. The molecule has 120 valence electrons. The van der Waals surface area contributed by atoms with E-state index in [9.17, 15) is 8.78 Å². The van der Waals surface area contributed by atoms with Gasteiger partial charge in [-0.15, -0.1) is 11.3 Å². The van der Waals surface area contributed by atoms with Crippen molar-refractivity contribution < 1.29 is 13.2 Å². The van der Waals surface area contributed by atoms with E-state index in [0.29, 0.717) is 29.1 Å². The zero-order valence-corrected chi connectivity index (χ0v) is 13.9. The van der Waals surface area contributed by atoms with Crippen LogP contribution in [-0.4, -0.2) is 10.7 Å². The first kappa shape index (κ1) is 16.0. The maximum absolute atomic E-state index is 12.3. The van der Waals surface area contributed by atoms with E-state index in [1.54, 1.807) is 35.6 Å². The van der Waals surface area contributed by atoms with E-state index in [2.05, 4.69) is 10.3 Å². The molecule has 0 atom stereocenters. The van der Waals surface area contributed by atoms with Gasteiger partial charge in [-0.2, -0.15) is 8.78 Å². The number of halogens is 2. The SMILES string of the molecule is Cc1oc(-c2cccs2)nc1CNc1ccc(SC(F)F)cc1. The third-order valence-electron chi connectivity index (χ3n) is 3.16. The van der Waals surface area contributed by atoms with Crippen molar-refractivity contribution in [2.45, 2.75) is 24.1 Å². The summed E-state index contributed by atoms with van der Waals surface area (Å²) in [6, 6.07) is 10.8. The molecule has 1 N–H and O–H groups in total. The van der Waals surface area contributed by atoms with Crippen LogP contribution in [0.15, 0.2) is 51.1 Å². The monoisotopic (exact) mass is 352 g/mol. The first-order chi connectivity index (χ1) is 11.1. The Morgan fingerprint density at radius 2 is 2.04 bits per heavy atom. The zero-order valence-electron chi connectivity index (χ0n) is 12.3. The molecule has 2 heterocycles. The summed E-state index contributed by atoms with van der Waals surface area (Å²) in [5.74, 6) is -1.01. The van der Waals surface area contributed by atoms with Gasteiger partial charge in [0.25, 0.3) is 5.76 Å². The molecule has 23 heavy (non-hydrogen) atoms. The van der Waals surface area contributed by atoms with Gasteiger partial charge in [-0.25, -0.2) is 4.98 Å². The van der Waals surface area contributed by atoms with Crippen molar-refractivity contribution >= 4 is 28.8 Å². The van der Waals surface area contributed by atoms with Crippen LogP contribution in [0.3, 0.4) is 0 Å². The molecular weight excluding hydrogens is 338 g/mol. The predicted octanol–water partition coefficient (Wildman–Crippen LogP) is 5.64. The quantitative estimate of drug-likeness (QED) is 0.583. The molecule has 3 aromatic rings. The maximum atomic E-state index is 12.3. The highest BCUT2D eigenvalue weighted by Crippen LogP contribution is 2.28. The van der Waals surface area contributed by atoms with E-state index in [0.717, 1.165) is 22.0 Å². The van der Waals surface area contributed by atoms with Crippen molar-refractivity contribution in [2.75, 3.05) is 5.32 Å². The van der Waals surface area contributed by atoms with Gasteiger partial charge in [0.15, 0.2) is 0 Å². The van der Waals surface area contributed by atoms with Crippen LogP contribution >= 0.6 is 23.1 Å². The molecule has 0 aliphatic rings. The maximum Gasteiger partial charge on any atom is 0.288 e. The Kier molecular flexibility index (Phi) is 4.97. The number of oxazole rings is 1. The number of alkyl halides is 2. The highest BCUT2D eigenvalue weighted by atomic mass is 32.2. The lowest BCUT2D eigenvalue weighted by molar-refractivity contribution is 0.252. The van der Waals surface area contributed by atoms with Gasteiger partial charge >= 0.3 is 0 Å². The summed E-state index contributed by atoms with van der Waals surface area (Å²) in [5.41, 5.74) is 1.68. The molecule has 0 saturated carbocycles. The number of benzene rings is 1. The number of aromatic nitrogens is 1. The van der Waals surface area contributed by atoms with E-state index in [1.165, 1.54) is 0 Å². The second-order valence-electron chi connectivity index (χ2n) is 4.76. The number of aryl methyl sites for hydroxylation is 1. The number of hydrogen-bond acceptors (Lipinski definition) is 5. The van der Waals surface area contributed by atoms with Crippen LogP contribution in [0, 0.1) is 6.92 Å². The van der Waals surface area contributed by atoms with Crippen molar-refractivity contribution in [3.63, 3.8) is 0 Å². The van der Waals surface area contributed by atoms with Gasteiger partial charge in [-0.3, -0.25) is 0 Å². The van der Waals surface area contributed by atoms with Crippen LogP contribution in [0.2, 0.25) is 0 Å². The molecule has 0 amide bonds. The van der Waals surface area contributed by atoms with Crippen molar-refractivity contribution in [2.24, 2.45) is 0 Å². The minimum absolute atomic E-state index is 0.516. The molecule has 0 unspecified atom stereocenters. The fraction of sp³-hybridized carbons (Fsp3) is 0.188. The van der Waals surface area contributed by atoms with Crippen molar-refractivity contribution in [1.29, 1.82) is 0 Å². The standard InChI is InChI=1S/C16H14F2N2OS2/c1-10-13(20-15(21-10)14-3-2-8-22-14)9-19-11-4-6-12(7-5-11)23-16(17)18/h2-8,16,19H,9H2,1H3. The summed E-state index contributed by atoms with van der Waals surface area (Å²) in [6.45, 7) is 2.39. The molecule has 3 nitrogen and oxygen atoms in total. The lowest BCUT2D eigenvalue weighted by Gasteiger charge is -2.06. The van der Waals surface area contributed by atoms with Crippen LogP contribution in [0.1, 0.15) is 11.5 Å². The van der Waals surface area contributed by atoms with Crippen LogP contribution in [0.5, 0.6) is 0 Å². The molecule has 3 rings (SSSR count). The minimum Gasteiger partial charge on any atom is -0.440 e. The Morgan fingerprint density at radius 3 is 2.70 bits per heavy atom. The molecule has 0 aliphatic heterocycles. The van der Waals surface area contributed by atoms with E-state index in [-0.39, 0.29) is 0 Å². The second kappa shape index (κ2) is 7.14. The summed E-state index contributed by atoms with van der Waals surface area (Å²) in [6.07, 6.45) is 0. The summed E-state index contributed by atoms with van der Waals surface area (Å²) in [4.78, 5) is 6.04. The number of nitrogens with one attached hydrogen (secondary N) is 1. The average molecular weight is 352 g/mol. The lowest BCUT2D eigenvalue weighted by atomic mass is 10.3. The molecule has 0 spiro atoms. The molecule has 0 bridgehead atoms. The van der Waals surface area contributed by atoms with Gasteiger partial charge in [0, 0.05) is 10.6 Å². The number of thiophene rings is 1. The fourth-order valence-corrected chi connectivity index (χ4v) is 3.19. The Labute approximate surface area is 140 Å². The van der Waals surface area contributed by atoms with Gasteiger partial charge in [0.2, 0.25) is 5.89 Å². The van der Waals surface area contributed by atoms with E-state index in [4.69, 9.17) is 4.42 Å². The Balaban J connectivity index is 1.64. The third-order valence-corrected chi connectivity index (χ3v) is 4.74. The summed E-state index contributed by atoms with van der Waals surface area (Å²) < 4.78 is 30.2. The smallest absolute Gasteiger partial charge is 0.288 e. The molecule has 0 radical (unpaired) electrons. The highest BCUT2D eigenvalue weighted by Gasteiger charge is 2.12. The van der Waals surface area contributed by atoms with Crippen LogP contribution in [0.4, 0.5) is 14.5 Å². The fourth-order valence-electron chi connectivity index (χ4n) is 2.04. The van der Waals surface area contributed by atoms with Crippen LogP contribution in [-0.2, 0) is 6.54 Å². The second-order valence-corrected chi connectivity index (χ2v) is 6.77. The average Bonchev–Trinajstić information content (AvgIpc) is 3.15. The number of rotatable bonds is 6. The van der Waals surface area contributed by atoms with Crippen LogP contribution < -0.4 is 5.32 Å². The predicted molar refractivity (Wildman–Crippen MR) is 90.2 cm³/mol. The van der Waals surface area contributed by atoms with E-state index >= 15 is 0 Å². The van der Waals surface area contributed by atoms with Crippen molar-refractivity contribution in [1.82, 2.24) is 4.98 Å². The minimum atomic E-state index is -2.40. The summed E-state index contributed by atoms with van der Waals surface area (Å²) in [5, 5.41) is 5.20. The first-order valence-electron chi connectivity index (χ1n) is 6.91.